The smallest absolute Gasteiger partial charge is 0.143 e. The van der Waals surface area contributed by atoms with Gasteiger partial charge in [0.1, 0.15) is 11.2 Å². The lowest BCUT2D eigenvalue weighted by molar-refractivity contribution is 0.670. The monoisotopic (exact) mass is 639 g/mol. The summed E-state index contributed by atoms with van der Waals surface area (Å²) in [6.45, 7) is 0. The molecule has 236 valence electrons. The Kier molecular flexibility index (Phi) is 7.53. The van der Waals surface area contributed by atoms with E-state index < -0.39 is 0 Å². The maximum absolute atomic E-state index is 6.40. The molecule has 0 saturated heterocycles. The van der Waals surface area contributed by atoms with Crippen molar-refractivity contribution in [3.63, 3.8) is 0 Å². The zero-order valence-electron chi connectivity index (χ0n) is 27.4. The molecule has 0 unspecified atom stereocenters. The van der Waals surface area contributed by atoms with Gasteiger partial charge >= 0.3 is 0 Å². The highest BCUT2D eigenvalue weighted by molar-refractivity contribution is 6.09. The molecule has 9 aromatic rings. The molecule has 0 atom stereocenters. The molecule has 0 spiro atoms. The third-order valence-electron chi connectivity index (χ3n) is 9.46. The summed E-state index contributed by atoms with van der Waals surface area (Å²) in [4.78, 5) is 2.36. The molecule has 1 heterocycles. The number of para-hydroxylation sites is 2. The van der Waals surface area contributed by atoms with Gasteiger partial charge in [-0.1, -0.05) is 152 Å². The first kappa shape index (κ1) is 29.5. The van der Waals surface area contributed by atoms with Gasteiger partial charge in [0.15, 0.2) is 0 Å². The van der Waals surface area contributed by atoms with Crippen LogP contribution < -0.4 is 4.90 Å². The topological polar surface area (TPSA) is 16.4 Å². The minimum Gasteiger partial charge on any atom is -0.455 e. The number of furan rings is 1. The van der Waals surface area contributed by atoms with Crippen LogP contribution in [0.25, 0.3) is 66.4 Å². The molecular formula is C48H33NO. The summed E-state index contributed by atoms with van der Waals surface area (Å²) in [5, 5.41) is 2.27. The number of nitrogens with zero attached hydrogens (tertiary/aromatic N) is 1. The van der Waals surface area contributed by atoms with Crippen LogP contribution in [0, 0.1) is 0 Å². The van der Waals surface area contributed by atoms with E-state index in [1.165, 1.54) is 33.4 Å². The quantitative estimate of drug-likeness (QED) is 0.173. The lowest BCUT2D eigenvalue weighted by Gasteiger charge is -2.27. The van der Waals surface area contributed by atoms with E-state index >= 15 is 0 Å². The Labute approximate surface area is 292 Å². The van der Waals surface area contributed by atoms with Gasteiger partial charge in [-0.15, -0.1) is 0 Å². The van der Waals surface area contributed by atoms with Crippen LogP contribution in [0.3, 0.4) is 0 Å². The molecule has 0 bridgehead atoms. The second-order valence-electron chi connectivity index (χ2n) is 12.6. The lowest BCUT2D eigenvalue weighted by Crippen LogP contribution is -2.10. The average molecular weight is 640 g/mol. The lowest BCUT2D eigenvalue weighted by atomic mass is 9.97. The summed E-state index contributed by atoms with van der Waals surface area (Å²) in [5.41, 5.74) is 14.3. The SMILES string of the molecule is c1ccc(-c2ccc(N(c3ccc(-c4cccc5c4oc4ccccc45)cc3)c3cc(-c4ccccc4)cc(-c4ccccc4)c3)cc2)cc1. The van der Waals surface area contributed by atoms with E-state index in [0.29, 0.717) is 0 Å². The number of hydrogen-bond donors (Lipinski definition) is 0. The zero-order valence-corrected chi connectivity index (χ0v) is 27.4. The van der Waals surface area contributed by atoms with Gasteiger partial charge in [0.05, 0.1) is 0 Å². The molecule has 0 amide bonds. The molecule has 0 fully saturated rings. The summed E-state index contributed by atoms with van der Waals surface area (Å²) < 4.78 is 6.40. The van der Waals surface area contributed by atoms with Crippen molar-refractivity contribution in [1.29, 1.82) is 0 Å². The minimum absolute atomic E-state index is 0.907. The molecular weight excluding hydrogens is 607 g/mol. The second kappa shape index (κ2) is 12.8. The average Bonchev–Trinajstić information content (AvgIpc) is 3.59. The Morgan fingerprint density at radius 1 is 0.300 bits per heavy atom. The van der Waals surface area contributed by atoms with Gasteiger partial charge in [-0.2, -0.15) is 0 Å². The number of hydrogen-bond acceptors (Lipinski definition) is 2. The number of rotatable bonds is 7. The highest BCUT2D eigenvalue weighted by Gasteiger charge is 2.17. The summed E-state index contributed by atoms with van der Waals surface area (Å²) in [7, 11) is 0. The van der Waals surface area contributed by atoms with Crippen molar-refractivity contribution < 1.29 is 4.42 Å². The predicted octanol–water partition coefficient (Wildman–Crippen LogP) is 13.7. The van der Waals surface area contributed by atoms with E-state index in [1.54, 1.807) is 0 Å². The maximum Gasteiger partial charge on any atom is 0.143 e. The molecule has 1 aromatic heterocycles. The first-order chi connectivity index (χ1) is 24.8. The first-order valence-corrected chi connectivity index (χ1v) is 17.0. The highest BCUT2D eigenvalue weighted by atomic mass is 16.3. The van der Waals surface area contributed by atoms with Crippen molar-refractivity contribution in [3.05, 3.63) is 200 Å². The van der Waals surface area contributed by atoms with Crippen molar-refractivity contribution in [2.45, 2.75) is 0 Å². The summed E-state index contributed by atoms with van der Waals surface area (Å²) >= 11 is 0. The normalized spacial score (nSPS) is 11.2. The molecule has 2 heteroatoms. The Morgan fingerprint density at radius 3 is 1.34 bits per heavy atom. The molecule has 0 radical (unpaired) electrons. The van der Waals surface area contributed by atoms with Crippen LogP contribution >= 0.6 is 0 Å². The van der Waals surface area contributed by atoms with E-state index in [1.807, 2.05) is 12.1 Å². The summed E-state index contributed by atoms with van der Waals surface area (Å²) in [5.74, 6) is 0. The van der Waals surface area contributed by atoms with Crippen LogP contribution in [0.4, 0.5) is 17.1 Å². The number of benzene rings is 8. The Morgan fingerprint density at radius 2 is 0.760 bits per heavy atom. The summed E-state index contributed by atoms with van der Waals surface area (Å²) in [6, 6.07) is 71.1. The predicted molar refractivity (Wildman–Crippen MR) is 210 cm³/mol. The fraction of sp³-hybridized carbons (Fsp3) is 0. The standard InChI is InChI=1S/C48H33NO/c1-4-13-34(14-5-1)37-23-27-41(28-24-37)49(43-32-39(35-15-6-2-7-16-35)31-40(33-43)36-17-8-3-9-18-36)42-29-25-38(26-30-42)44-20-12-21-46-45-19-10-11-22-47(45)50-48(44)46/h1-33H. The van der Waals surface area contributed by atoms with Crippen LogP contribution in [-0.4, -0.2) is 0 Å². The number of fused-ring (bicyclic) bond motifs is 3. The van der Waals surface area contributed by atoms with Gasteiger partial charge in [0.2, 0.25) is 0 Å². The second-order valence-corrected chi connectivity index (χ2v) is 12.6. The van der Waals surface area contributed by atoms with Crippen LogP contribution in [0.5, 0.6) is 0 Å². The Hall–Kier alpha value is -6.64. The van der Waals surface area contributed by atoms with E-state index in [0.717, 1.165) is 50.1 Å². The van der Waals surface area contributed by atoms with Gasteiger partial charge in [0, 0.05) is 33.4 Å². The third kappa shape index (κ3) is 5.53. The molecule has 50 heavy (non-hydrogen) atoms. The van der Waals surface area contributed by atoms with Crippen LogP contribution in [-0.2, 0) is 0 Å². The molecule has 0 aliphatic heterocycles. The first-order valence-electron chi connectivity index (χ1n) is 17.0. The van der Waals surface area contributed by atoms with Gasteiger partial charge in [-0.3, -0.25) is 0 Å². The van der Waals surface area contributed by atoms with Crippen molar-refractivity contribution in [2.75, 3.05) is 4.90 Å². The maximum atomic E-state index is 6.40. The van der Waals surface area contributed by atoms with Crippen molar-refractivity contribution in [3.8, 4) is 44.5 Å². The Balaban J connectivity index is 1.20. The fourth-order valence-corrected chi connectivity index (χ4v) is 6.98. The number of anilines is 3. The van der Waals surface area contributed by atoms with E-state index in [2.05, 4.69) is 193 Å². The molecule has 9 rings (SSSR count). The van der Waals surface area contributed by atoms with Crippen molar-refractivity contribution >= 4 is 39.0 Å². The van der Waals surface area contributed by atoms with Crippen molar-refractivity contribution in [2.24, 2.45) is 0 Å². The van der Waals surface area contributed by atoms with Crippen molar-refractivity contribution in [1.82, 2.24) is 0 Å². The molecule has 2 nitrogen and oxygen atoms in total. The summed E-state index contributed by atoms with van der Waals surface area (Å²) in [6.07, 6.45) is 0. The molecule has 0 saturated carbocycles. The zero-order chi connectivity index (χ0) is 33.3. The van der Waals surface area contributed by atoms with Crippen LogP contribution in [0.2, 0.25) is 0 Å². The van der Waals surface area contributed by atoms with E-state index in [-0.39, 0.29) is 0 Å². The van der Waals surface area contributed by atoms with Crippen LogP contribution in [0.1, 0.15) is 0 Å². The van der Waals surface area contributed by atoms with Gasteiger partial charge in [0.25, 0.3) is 0 Å². The molecule has 0 N–H and O–H groups in total. The largest absolute Gasteiger partial charge is 0.455 e. The van der Waals surface area contributed by atoms with E-state index in [4.69, 9.17) is 4.42 Å². The van der Waals surface area contributed by atoms with Gasteiger partial charge < -0.3 is 9.32 Å². The molecule has 0 aliphatic carbocycles. The van der Waals surface area contributed by atoms with E-state index in [9.17, 15) is 0 Å². The van der Waals surface area contributed by atoms with Crippen LogP contribution in [0.15, 0.2) is 205 Å². The molecule has 8 aromatic carbocycles. The minimum atomic E-state index is 0.907. The highest BCUT2D eigenvalue weighted by Crippen LogP contribution is 2.42. The van der Waals surface area contributed by atoms with Gasteiger partial charge in [-0.05, 0) is 87.5 Å². The molecule has 0 aliphatic rings. The van der Waals surface area contributed by atoms with Gasteiger partial charge in [-0.25, -0.2) is 0 Å². The fourth-order valence-electron chi connectivity index (χ4n) is 6.98. The Bertz CT molecular complexity index is 2490. The third-order valence-corrected chi connectivity index (χ3v) is 9.46.